The van der Waals surface area contributed by atoms with Crippen LogP contribution in [0, 0.1) is 5.82 Å². The highest BCUT2D eigenvalue weighted by atomic mass is 19.1. The summed E-state index contributed by atoms with van der Waals surface area (Å²) < 4.78 is 19.1. The molecule has 1 heterocycles. The highest BCUT2D eigenvalue weighted by Gasteiger charge is 2.40. The van der Waals surface area contributed by atoms with Crippen molar-refractivity contribution in [1.82, 2.24) is 5.32 Å². The lowest BCUT2D eigenvalue weighted by molar-refractivity contribution is -0.129. The number of nitrogens with one attached hydrogen (secondary N) is 1. The van der Waals surface area contributed by atoms with Crippen LogP contribution in [0.15, 0.2) is 48.5 Å². The molecule has 2 aliphatic rings. The zero-order valence-electron chi connectivity index (χ0n) is 13.4. The second-order valence-electron chi connectivity index (χ2n) is 6.70. The largest absolute Gasteiger partial charge is 0.480 e. The van der Waals surface area contributed by atoms with Gasteiger partial charge in [0.05, 0.1) is 5.54 Å². The molecule has 0 radical (unpaired) electrons. The van der Waals surface area contributed by atoms with E-state index >= 15 is 0 Å². The smallest absolute Gasteiger partial charge is 0.262 e. The number of ether oxygens (including phenoxy) is 1. The van der Waals surface area contributed by atoms with Crippen LogP contribution in [-0.2, 0) is 16.8 Å². The number of amides is 1. The predicted octanol–water partition coefficient (Wildman–Crippen LogP) is 3.71. The van der Waals surface area contributed by atoms with Crippen LogP contribution in [0.3, 0.4) is 0 Å². The molecule has 1 amide bonds. The Hall–Kier alpha value is -2.36. The molecule has 1 aliphatic heterocycles. The van der Waals surface area contributed by atoms with E-state index in [0.29, 0.717) is 6.42 Å². The van der Waals surface area contributed by atoms with Crippen LogP contribution in [0.25, 0.3) is 0 Å². The Kier molecular flexibility index (Phi) is 3.75. The van der Waals surface area contributed by atoms with Crippen molar-refractivity contribution in [2.45, 2.75) is 43.7 Å². The van der Waals surface area contributed by atoms with Crippen molar-refractivity contribution in [1.29, 1.82) is 0 Å². The van der Waals surface area contributed by atoms with Crippen LogP contribution in [0.1, 0.15) is 36.8 Å². The summed E-state index contributed by atoms with van der Waals surface area (Å²) in [6, 6.07) is 14.3. The molecule has 124 valence electrons. The summed E-state index contributed by atoms with van der Waals surface area (Å²) in [7, 11) is 0. The molecule has 1 N–H and O–H groups in total. The number of carbonyl (C=O) groups excluding carboxylic acids is 1. The Morgan fingerprint density at radius 2 is 1.79 bits per heavy atom. The van der Waals surface area contributed by atoms with Gasteiger partial charge in [-0.2, -0.15) is 0 Å². The molecule has 3 nitrogen and oxygen atoms in total. The Morgan fingerprint density at radius 3 is 2.50 bits per heavy atom. The molecule has 0 saturated heterocycles. The molecule has 1 fully saturated rings. The van der Waals surface area contributed by atoms with Gasteiger partial charge in [0, 0.05) is 6.42 Å². The van der Waals surface area contributed by atoms with E-state index in [-0.39, 0.29) is 11.7 Å². The third-order valence-corrected chi connectivity index (χ3v) is 5.16. The van der Waals surface area contributed by atoms with Crippen molar-refractivity contribution >= 4 is 5.91 Å². The number of para-hydroxylation sites is 1. The van der Waals surface area contributed by atoms with Gasteiger partial charge >= 0.3 is 0 Å². The Bertz CT molecular complexity index is 725. The molecule has 4 rings (SSSR count). The first-order chi connectivity index (χ1) is 11.7. The van der Waals surface area contributed by atoms with E-state index in [9.17, 15) is 9.18 Å². The molecule has 4 heteroatoms. The second-order valence-corrected chi connectivity index (χ2v) is 6.70. The number of hydrogen-bond donors (Lipinski definition) is 1. The van der Waals surface area contributed by atoms with Crippen molar-refractivity contribution in [3.63, 3.8) is 0 Å². The van der Waals surface area contributed by atoms with Crippen molar-refractivity contribution in [2.24, 2.45) is 0 Å². The van der Waals surface area contributed by atoms with Crippen molar-refractivity contribution < 1.29 is 13.9 Å². The van der Waals surface area contributed by atoms with E-state index in [0.717, 1.165) is 42.6 Å². The van der Waals surface area contributed by atoms with E-state index in [4.69, 9.17) is 4.74 Å². The molecule has 0 unspecified atom stereocenters. The SMILES string of the molecule is O=C(NC1(c2ccc(F)cc2)CCCC1)[C@H]1Cc2ccccc2O1. The third kappa shape index (κ3) is 2.66. The van der Waals surface area contributed by atoms with Gasteiger partial charge < -0.3 is 10.1 Å². The molecule has 1 saturated carbocycles. The van der Waals surface area contributed by atoms with Crippen LogP contribution in [0.2, 0.25) is 0 Å². The minimum Gasteiger partial charge on any atom is -0.480 e. The monoisotopic (exact) mass is 325 g/mol. The number of fused-ring (bicyclic) bond motifs is 1. The lowest BCUT2D eigenvalue weighted by Crippen LogP contribution is -2.49. The highest BCUT2D eigenvalue weighted by molar-refractivity contribution is 5.83. The topological polar surface area (TPSA) is 38.3 Å². The molecular formula is C20H20FNO2. The minimum absolute atomic E-state index is 0.0857. The molecule has 2 aromatic carbocycles. The highest BCUT2D eigenvalue weighted by Crippen LogP contribution is 2.39. The van der Waals surface area contributed by atoms with Crippen LogP contribution in [-0.4, -0.2) is 12.0 Å². The normalized spacial score (nSPS) is 21.1. The molecule has 1 aliphatic carbocycles. The van der Waals surface area contributed by atoms with Gasteiger partial charge in [-0.1, -0.05) is 43.2 Å². The maximum Gasteiger partial charge on any atom is 0.262 e. The average Bonchev–Trinajstić information content (AvgIpc) is 3.22. The van der Waals surface area contributed by atoms with Gasteiger partial charge in [0.1, 0.15) is 11.6 Å². The standard InChI is InChI=1S/C20H20FNO2/c21-16-9-7-15(8-10-16)20(11-3-4-12-20)22-19(23)18-13-14-5-1-2-6-17(14)24-18/h1-2,5-10,18H,3-4,11-13H2,(H,22,23)/t18-/m1/s1. The summed E-state index contributed by atoms with van der Waals surface area (Å²) in [6.45, 7) is 0. The first-order valence-corrected chi connectivity index (χ1v) is 8.49. The van der Waals surface area contributed by atoms with Crippen molar-refractivity contribution in [3.05, 3.63) is 65.5 Å². The zero-order valence-corrected chi connectivity index (χ0v) is 13.4. The molecule has 1 atom stereocenters. The number of halogens is 1. The summed E-state index contributed by atoms with van der Waals surface area (Å²) in [6.07, 6.45) is 3.99. The summed E-state index contributed by atoms with van der Waals surface area (Å²) in [5.41, 5.74) is 1.65. The first-order valence-electron chi connectivity index (χ1n) is 8.49. The second kappa shape index (κ2) is 5.93. The molecule has 2 aromatic rings. The van der Waals surface area contributed by atoms with Gasteiger partial charge in [-0.15, -0.1) is 0 Å². The van der Waals surface area contributed by atoms with Gasteiger partial charge in [0.25, 0.3) is 5.91 Å². The fraction of sp³-hybridized carbons (Fsp3) is 0.350. The van der Waals surface area contributed by atoms with E-state index < -0.39 is 11.6 Å². The van der Waals surface area contributed by atoms with E-state index in [2.05, 4.69) is 5.32 Å². The molecule has 0 aromatic heterocycles. The summed E-state index contributed by atoms with van der Waals surface area (Å²) >= 11 is 0. The van der Waals surface area contributed by atoms with Gasteiger partial charge in [0.2, 0.25) is 0 Å². The Morgan fingerprint density at radius 1 is 1.08 bits per heavy atom. The summed E-state index contributed by atoms with van der Waals surface area (Å²) in [5.74, 6) is 0.449. The van der Waals surface area contributed by atoms with Crippen LogP contribution in [0.4, 0.5) is 4.39 Å². The van der Waals surface area contributed by atoms with Crippen molar-refractivity contribution in [2.75, 3.05) is 0 Å². The van der Waals surface area contributed by atoms with Gasteiger partial charge in [-0.3, -0.25) is 4.79 Å². The van der Waals surface area contributed by atoms with E-state index in [1.54, 1.807) is 12.1 Å². The molecular weight excluding hydrogens is 305 g/mol. The van der Waals surface area contributed by atoms with Gasteiger partial charge in [-0.05, 0) is 42.2 Å². The van der Waals surface area contributed by atoms with Gasteiger partial charge in [-0.25, -0.2) is 4.39 Å². The number of carbonyl (C=O) groups is 1. The van der Waals surface area contributed by atoms with Gasteiger partial charge in [0.15, 0.2) is 6.10 Å². The van der Waals surface area contributed by atoms with Crippen LogP contribution < -0.4 is 10.1 Å². The molecule has 24 heavy (non-hydrogen) atoms. The lowest BCUT2D eigenvalue weighted by atomic mass is 9.87. The minimum atomic E-state index is -0.486. The van der Waals surface area contributed by atoms with Crippen LogP contribution >= 0.6 is 0 Å². The zero-order chi connectivity index (χ0) is 16.6. The molecule has 0 bridgehead atoms. The first kappa shape index (κ1) is 15.2. The fourth-order valence-electron chi connectivity index (χ4n) is 3.88. The average molecular weight is 325 g/mol. The summed E-state index contributed by atoms with van der Waals surface area (Å²) in [4.78, 5) is 12.8. The van der Waals surface area contributed by atoms with Crippen molar-refractivity contribution in [3.8, 4) is 5.75 Å². The fourth-order valence-corrected chi connectivity index (χ4v) is 3.88. The quantitative estimate of drug-likeness (QED) is 0.934. The number of hydrogen-bond acceptors (Lipinski definition) is 2. The maximum absolute atomic E-state index is 13.3. The Balaban J connectivity index is 1.54. The van der Waals surface area contributed by atoms with E-state index in [1.807, 2.05) is 24.3 Å². The number of rotatable bonds is 3. The summed E-state index contributed by atoms with van der Waals surface area (Å²) in [5, 5.41) is 3.22. The maximum atomic E-state index is 13.3. The number of benzene rings is 2. The predicted molar refractivity (Wildman–Crippen MR) is 89.3 cm³/mol. The molecule has 0 spiro atoms. The third-order valence-electron chi connectivity index (χ3n) is 5.16. The van der Waals surface area contributed by atoms with Crippen LogP contribution in [0.5, 0.6) is 5.75 Å². The van der Waals surface area contributed by atoms with E-state index in [1.165, 1.54) is 12.1 Å². The Labute approximate surface area is 140 Å². The lowest BCUT2D eigenvalue weighted by Gasteiger charge is -2.32.